The highest BCUT2D eigenvalue weighted by atomic mass is 32.1. The lowest BCUT2D eigenvalue weighted by Crippen LogP contribution is -2.28. The summed E-state index contributed by atoms with van der Waals surface area (Å²) in [7, 11) is 0. The molecule has 0 aliphatic rings. The second-order valence-corrected chi connectivity index (χ2v) is 5.47. The molecule has 2 rings (SSSR count). The first kappa shape index (κ1) is 14.5. The van der Waals surface area contributed by atoms with Crippen LogP contribution in [0.4, 0.5) is 4.39 Å². The van der Waals surface area contributed by atoms with Crippen LogP contribution in [0.2, 0.25) is 0 Å². The van der Waals surface area contributed by atoms with Gasteiger partial charge < -0.3 is 10.4 Å². The molecule has 0 saturated heterocycles. The van der Waals surface area contributed by atoms with Crippen molar-refractivity contribution in [3.63, 3.8) is 0 Å². The molecule has 0 aliphatic heterocycles. The molecule has 2 aromatic rings. The van der Waals surface area contributed by atoms with Gasteiger partial charge in [0.1, 0.15) is 11.6 Å². The summed E-state index contributed by atoms with van der Waals surface area (Å²) in [6, 6.07) is 7.21. The van der Waals surface area contributed by atoms with E-state index in [1.807, 2.05) is 24.4 Å². The van der Waals surface area contributed by atoms with Crippen LogP contribution in [0.1, 0.15) is 41.0 Å². The average Bonchev–Trinajstić information content (AvgIpc) is 2.91. The fraction of sp³-hybridized carbons (Fsp3) is 0.267. The molecule has 0 aliphatic carbocycles. The SMILES string of the molecule is CCCC(NC(=O)c1ccc(F)cc1O)c1cccs1. The van der Waals surface area contributed by atoms with Crippen molar-refractivity contribution in [2.45, 2.75) is 25.8 Å². The smallest absolute Gasteiger partial charge is 0.255 e. The first-order chi connectivity index (χ1) is 9.61. The fourth-order valence-corrected chi connectivity index (χ4v) is 2.81. The number of phenols is 1. The Morgan fingerprint density at radius 2 is 2.25 bits per heavy atom. The van der Waals surface area contributed by atoms with Gasteiger partial charge in [-0.15, -0.1) is 11.3 Å². The number of carbonyl (C=O) groups is 1. The number of hydrogen-bond donors (Lipinski definition) is 2. The summed E-state index contributed by atoms with van der Waals surface area (Å²) in [5, 5.41) is 14.5. The predicted octanol–water partition coefficient (Wildman–Crippen LogP) is 3.86. The molecule has 1 atom stereocenters. The number of phenolic OH excluding ortho intramolecular Hbond substituents is 1. The van der Waals surface area contributed by atoms with Gasteiger partial charge in [-0.1, -0.05) is 19.4 Å². The van der Waals surface area contributed by atoms with E-state index in [2.05, 4.69) is 5.32 Å². The molecule has 106 valence electrons. The van der Waals surface area contributed by atoms with E-state index in [0.717, 1.165) is 29.9 Å². The summed E-state index contributed by atoms with van der Waals surface area (Å²) in [6.45, 7) is 2.04. The Labute approximate surface area is 121 Å². The highest BCUT2D eigenvalue weighted by molar-refractivity contribution is 7.10. The van der Waals surface area contributed by atoms with Crippen LogP contribution in [0, 0.1) is 5.82 Å². The molecule has 1 aromatic carbocycles. The van der Waals surface area contributed by atoms with Gasteiger partial charge in [-0.3, -0.25) is 4.79 Å². The maximum absolute atomic E-state index is 12.9. The Hall–Kier alpha value is -1.88. The molecule has 0 radical (unpaired) electrons. The predicted molar refractivity (Wildman–Crippen MR) is 77.5 cm³/mol. The Bertz CT molecular complexity index is 584. The molecule has 1 amide bonds. The first-order valence-electron chi connectivity index (χ1n) is 6.44. The van der Waals surface area contributed by atoms with Crippen LogP contribution in [0.15, 0.2) is 35.7 Å². The topological polar surface area (TPSA) is 49.3 Å². The van der Waals surface area contributed by atoms with E-state index < -0.39 is 11.7 Å². The van der Waals surface area contributed by atoms with Gasteiger partial charge in [-0.2, -0.15) is 0 Å². The molecular weight excluding hydrogens is 277 g/mol. The first-order valence-corrected chi connectivity index (χ1v) is 7.32. The molecule has 0 spiro atoms. The number of thiophene rings is 1. The van der Waals surface area contributed by atoms with Gasteiger partial charge in [0.2, 0.25) is 0 Å². The van der Waals surface area contributed by atoms with Crippen molar-refractivity contribution < 1.29 is 14.3 Å². The zero-order valence-electron chi connectivity index (χ0n) is 11.1. The van der Waals surface area contributed by atoms with Gasteiger partial charge in [-0.25, -0.2) is 4.39 Å². The van der Waals surface area contributed by atoms with E-state index in [9.17, 15) is 14.3 Å². The van der Waals surface area contributed by atoms with Crippen molar-refractivity contribution in [1.82, 2.24) is 5.32 Å². The molecule has 2 N–H and O–H groups in total. The third-order valence-electron chi connectivity index (χ3n) is 2.97. The molecule has 0 fully saturated rings. The van der Waals surface area contributed by atoms with E-state index in [4.69, 9.17) is 0 Å². The van der Waals surface area contributed by atoms with Gasteiger partial charge in [0, 0.05) is 10.9 Å². The standard InChI is InChI=1S/C15H16FNO2S/c1-2-4-12(14-5-3-8-20-14)17-15(19)11-7-6-10(16)9-13(11)18/h3,5-9,12,18H,2,4H2,1H3,(H,17,19). The van der Waals surface area contributed by atoms with Gasteiger partial charge in [0.15, 0.2) is 0 Å². The maximum atomic E-state index is 12.9. The second-order valence-electron chi connectivity index (χ2n) is 4.49. The fourth-order valence-electron chi connectivity index (χ4n) is 2.00. The number of aromatic hydroxyl groups is 1. The number of carbonyl (C=O) groups excluding carboxylic acids is 1. The molecule has 0 bridgehead atoms. The minimum atomic E-state index is -0.567. The summed E-state index contributed by atoms with van der Waals surface area (Å²) in [5.41, 5.74) is 0.0871. The van der Waals surface area contributed by atoms with Crippen molar-refractivity contribution in [2.24, 2.45) is 0 Å². The number of halogens is 1. The van der Waals surface area contributed by atoms with Gasteiger partial charge in [0.25, 0.3) is 5.91 Å². The Morgan fingerprint density at radius 1 is 1.45 bits per heavy atom. The van der Waals surface area contributed by atoms with Gasteiger partial charge in [-0.05, 0) is 30.0 Å². The third-order valence-corrected chi connectivity index (χ3v) is 3.96. The van der Waals surface area contributed by atoms with Crippen LogP contribution >= 0.6 is 11.3 Å². The summed E-state index contributed by atoms with van der Waals surface area (Å²) in [4.78, 5) is 13.2. The van der Waals surface area contributed by atoms with Crippen molar-refractivity contribution in [1.29, 1.82) is 0 Å². The molecule has 5 heteroatoms. The van der Waals surface area contributed by atoms with E-state index >= 15 is 0 Å². The van der Waals surface area contributed by atoms with Crippen LogP contribution in [-0.2, 0) is 0 Å². The van der Waals surface area contributed by atoms with E-state index in [1.165, 1.54) is 6.07 Å². The maximum Gasteiger partial charge on any atom is 0.255 e. The van der Waals surface area contributed by atoms with Crippen molar-refractivity contribution >= 4 is 17.2 Å². The number of hydrogen-bond acceptors (Lipinski definition) is 3. The van der Waals surface area contributed by atoms with Crippen LogP contribution in [-0.4, -0.2) is 11.0 Å². The summed E-state index contributed by atoms with van der Waals surface area (Å²) in [6.07, 6.45) is 1.74. The van der Waals surface area contributed by atoms with Crippen molar-refractivity contribution in [2.75, 3.05) is 0 Å². The Kier molecular flexibility index (Phi) is 4.74. The van der Waals surface area contributed by atoms with E-state index in [-0.39, 0.29) is 17.4 Å². The molecule has 1 aromatic heterocycles. The minimum Gasteiger partial charge on any atom is -0.507 e. The second kappa shape index (κ2) is 6.52. The molecule has 1 heterocycles. The quantitative estimate of drug-likeness (QED) is 0.879. The lowest BCUT2D eigenvalue weighted by Gasteiger charge is -2.17. The monoisotopic (exact) mass is 293 g/mol. The molecule has 0 saturated carbocycles. The zero-order chi connectivity index (χ0) is 14.5. The van der Waals surface area contributed by atoms with E-state index in [0.29, 0.717) is 0 Å². The average molecular weight is 293 g/mol. The number of nitrogens with one attached hydrogen (secondary N) is 1. The molecule has 20 heavy (non-hydrogen) atoms. The lowest BCUT2D eigenvalue weighted by atomic mass is 10.1. The number of amides is 1. The Balaban J connectivity index is 2.16. The number of benzene rings is 1. The lowest BCUT2D eigenvalue weighted by molar-refractivity contribution is 0.0932. The van der Waals surface area contributed by atoms with Gasteiger partial charge >= 0.3 is 0 Å². The van der Waals surface area contributed by atoms with Crippen LogP contribution < -0.4 is 5.32 Å². The molecule has 3 nitrogen and oxygen atoms in total. The highest BCUT2D eigenvalue weighted by Gasteiger charge is 2.18. The van der Waals surface area contributed by atoms with Crippen molar-refractivity contribution in [3.8, 4) is 5.75 Å². The van der Waals surface area contributed by atoms with Crippen LogP contribution in [0.3, 0.4) is 0 Å². The van der Waals surface area contributed by atoms with Crippen LogP contribution in [0.5, 0.6) is 5.75 Å². The van der Waals surface area contributed by atoms with E-state index in [1.54, 1.807) is 11.3 Å². The molecular formula is C15H16FNO2S. The summed E-state index contributed by atoms with van der Waals surface area (Å²) >= 11 is 1.58. The largest absolute Gasteiger partial charge is 0.507 e. The summed E-state index contributed by atoms with van der Waals surface area (Å²) < 4.78 is 12.9. The Morgan fingerprint density at radius 3 is 2.85 bits per heavy atom. The minimum absolute atomic E-state index is 0.0862. The van der Waals surface area contributed by atoms with Crippen molar-refractivity contribution in [3.05, 3.63) is 52.0 Å². The van der Waals surface area contributed by atoms with Crippen LogP contribution in [0.25, 0.3) is 0 Å². The highest BCUT2D eigenvalue weighted by Crippen LogP contribution is 2.25. The number of rotatable bonds is 5. The normalized spacial score (nSPS) is 12.1. The molecule has 1 unspecified atom stereocenters. The summed E-state index contributed by atoms with van der Waals surface area (Å²) in [5.74, 6) is -1.30. The van der Waals surface area contributed by atoms with Gasteiger partial charge in [0.05, 0.1) is 11.6 Å². The third kappa shape index (κ3) is 3.36. The zero-order valence-corrected chi connectivity index (χ0v) is 11.9.